The third kappa shape index (κ3) is 21.7. The number of ketones is 1. The highest BCUT2D eigenvalue weighted by Crippen LogP contribution is 2.48. The van der Waals surface area contributed by atoms with Crippen LogP contribution in [0.3, 0.4) is 0 Å². The van der Waals surface area contributed by atoms with Crippen LogP contribution in [0.25, 0.3) is 0 Å². The summed E-state index contributed by atoms with van der Waals surface area (Å²) in [6.45, 7) is 15.2. The van der Waals surface area contributed by atoms with Crippen LogP contribution in [0.5, 0.6) is 0 Å². The second-order valence-electron chi connectivity index (χ2n) is 20.5. The fourth-order valence-electron chi connectivity index (χ4n) is 10.1. The number of likely N-dealkylation sites (N-methyl/N-ethyl adjacent to an activating group) is 1. The number of unbranched alkanes of at least 4 members (excludes halogenated alkanes) is 1. The van der Waals surface area contributed by atoms with Gasteiger partial charge in [-0.2, -0.15) is 121 Å². The minimum absolute atomic E-state index is 0. The topological polar surface area (TPSA) is 175 Å². The maximum atomic E-state index is 14.5. The van der Waals surface area contributed by atoms with Gasteiger partial charge in [0.2, 0.25) is 29.5 Å². The van der Waals surface area contributed by atoms with Crippen molar-refractivity contribution < 1.29 is 38.2 Å². The van der Waals surface area contributed by atoms with Crippen molar-refractivity contribution in [2.45, 2.75) is 153 Å². The molecule has 14 nitrogen and oxygen atoms in total. The monoisotopic (exact) mass is 1280 g/mol. The number of hydrogen-bond donors (Lipinski definition) is 4. The van der Waals surface area contributed by atoms with E-state index in [-0.39, 0.29) is 192 Å². The van der Waals surface area contributed by atoms with Crippen LogP contribution in [0.4, 0.5) is 0 Å². The van der Waals surface area contributed by atoms with Gasteiger partial charge >= 0.3 is 0 Å². The van der Waals surface area contributed by atoms with Crippen molar-refractivity contribution in [3.63, 3.8) is 0 Å². The summed E-state index contributed by atoms with van der Waals surface area (Å²) in [6, 6.07) is 16.0. The number of hydrogen-bond acceptors (Lipinski definition) is 11. The standard InChI is InChI=1S/C52H76N6O8S2.9H2S/c1-9-33(2)46(60)54-38-22-26-68-43-30-52(6,7)45(58(43)50(38)64)48(62)56-40(36-20-14-11-15-21-36)32-66-25-17-16-24-65-31-37(35-18-12-10-13-19-35)28-41(59)44-51(4,5)29-42-57(44)49(63)39(23-27-67-42)55-47(61)34(3)53-8;;;;;;;;;/h10-15,18-21,33-34,37-40,42-45,53H,9,16-17,22-32H2,1-8H3,(H,54,60)(H,55,61)(H,56,62);9*1H2/t33-,34+,37-,38+,39+,40-,42+,43+,44-,45-;;;;;;;;;/m1........./s1. The van der Waals surface area contributed by atoms with E-state index in [9.17, 15) is 28.8 Å². The van der Waals surface area contributed by atoms with Crippen molar-refractivity contribution in [3.05, 3.63) is 71.8 Å². The minimum atomic E-state index is -0.719. The van der Waals surface area contributed by atoms with Gasteiger partial charge in [0.05, 0.1) is 42.1 Å². The van der Waals surface area contributed by atoms with Crippen LogP contribution in [0, 0.1) is 16.7 Å². The predicted octanol–water partition coefficient (Wildman–Crippen LogP) is 7.22. The maximum absolute atomic E-state index is 14.5. The Hall–Kier alpha value is -0.810. The lowest BCUT2D eigenvalue weighted by Crippen LogP contribution is -2.57. The van der Waals surface area contributed by atoms with Crippen molar-refractivity contribution in [1.82, 2.24) is 31.1 Å². The average Bonchev–Trinajstić information content (AvgIpc) is 3.64. The van der Waals surface area contributed by atoms with E-state index < -0.39 is 47.1 Å². The van der Waals surface area contributed by atoms with Crippen LogP contribution >= 0.6 is 145 Å². The molecule has 0 aromatic heterocycles. The number of nitrogens with zero attached hydrogens (tertiary/aromatic N) is 2. The van der Waals surface area contributed by atoms with E-state index in [4.69, 9.17) is 9.47 Å². The van der Waals surface area contributed by atoms with Gasteiger partial charge in [0.15, 0.2) is 5.78 Å². The van der Waals surface area contributed by atoms with E-state index in [1.54, 1.807) is 47.3 Å². The number of amides is 5. The van der Waals surface area contributed by atoms with Crippen molar-refractivity contribution in [1.29, 1.82) is 0 Å². The number of nitrogens with one attached hydrogen (secondary N) is 4. The smallest absolute Gasteiger partial charge is 0.246 e. The molecule has 0 spiro atoms. The Labute approximate surface area is 531 Å². The summed E-state index contributed by atoms with van der Waals surface area (Å²) in [6.07, 6.45) is 4.71. The highest BCUT2D eigenvalue weighted by atomic mass is 32.2. The van der Waals surface area contributed by atoms with E-state index in [0.29, 0.717) is 69.9 Å². The number of ether oxygens (including phenoxy) is 2. The molecule has 446 valence electrons. The number of fused-ring (bicyclic) bond motifs is 2. The number of thioether (sulfide) groups is 2. The van der Waals surface area contributed by atoms with Crippen molar-refractivity contribution in [2.24, 2.45) is 16.7 Å². The lowest BCUT2D eigenvalue weighted by atomic mass is 9.79. The van der Waals surface area contributed by atoms with E-state index in [1.807, 2.05) is 88.4 Å². The highest BCUT2D eigenvalue weighted by Gasteiger charge is 2.56. The normalized spacial score (nSPS) is 23.0. The molecule has 0 radical (unpaired) electrons. The van der Waals surface area contributed by atoms with Gasteiger partial charge in [0.1, 0.15) is 18.1 Å². The molecule has 0 saturated carbocycles. The number of carbonyl (C=O) groups is 6. The Bertz CT molecular complexity index is 1930. The Morgan fingerprint density at radius 2 is 1.09 bits per heavy atom. The zero-order chi connectivity index (χ0) is 49.2. The first-order valence-corrected chi connectivity index (χ1v) is 26.8. The van der Waals surface area contributed by atoms with E-state index >= 15 is 0 Å². The van der Waals surface area contributed by atoms with Crippen LogP contribution in [0.2, 0.25) is 0 Å². The Morgan fingerprint density at radius 3 is 1.57 bits per heavy atom. The van der Waals surface area contributed by atoms with E-state index in [2.05, 4.69) is 35.1 Å². The molecule has 25 heteroatoms. The molecule has 4 saturated heterocycles. The number of rotatable bonds is 22. The number of Topliss-reactive ketones (excluding diaryl/α,β-unsaturated/α-hetero) is 1. The van der Waals surface area contributed by atoms with Gasteiger partial charge in [-0.1, -0.05) is 102 Å². The molecule has 77 heavy (non-hydrogen) atoms. The van der Waals surface area contributed by atoms with Crippen molar-refractivity contribution in [2.75, 3.05) is 45.0 Å². The van der Waals surface area contributed by atoms with Crippen LogP contribution < -0.4 is 21.3 Å². The first-order chi connectivity index (χ1) is 32.5. The fraction of sp³-hybridized carbons (Fsp3) is 0.654. The van der Waals surface area contributed by atoms with Gasteiger partial charge in [-0.25, -0.2) is 0 Å². The van der Waals surface area contributed by atoms with Crippen molar-refractivity contribution in [3.8, 4) is 0 Å². The summed E-state index contributed by atoms with van der Waals surface area (Å²) in [5.74, 6) is -0.0133. The summed E-state index contributed by atoms with van der Waals surface area (Å²) in [5, 5.41) is 11.8. The SMILES string of the molecule is CC[C@@H](C)C(=O)N[C@H]1CCS[C@H]2CC(C)(C)[C@@H](C(=O)N[C@H](COCCCCOC[C@@H](CC(=O)[C@H]3N4C(=O)[C@@H](NC(=O)[C@H](C)NC)CCS[C@H]4CC3(C)C)c3ccccc3)c3ccccc3)N2C1=O.S.S.S.S.S.S.S.S.S. The molecule has 0 unspecified atom stereocenters. The van der Waals surface area contributed by atoms with Gasteiger partial charge in [0.25, 0.3) is 0 Å². The highest BCUT2D eigenvalue weighted by molar-refractivity contribution is 8.00. The quantitative estimate of drug-likeness (QED) is 0.0877. The fourth-order valence-corrected chi connectivity index (χ4v) is 13.2. The van der Waals surface area contributed by atoms with Gasteiger partial charge in [-0.15, -0.1) is 23.5 Å². The maximum Gasteiger partial charge on any atom is 0.246 e. The van der Waals surface area contributed by atoms with Crippen LogP contribution in [0.15, 0.2) is 60.7 Å². The van der Waals surface area contributed by atoms with Gasteiger partial charge in [-0.3, -0.25) is 28.8 Å². The lowest BCUT2D eigenvalue weighted by molar-refractivity contribution is -0.144. The Kier molecular flexibility index (Phi) is 41.7. The lowest BCUT2D eigenvalue weighted by Gasteiger charge is -2.35. The largest absolute Gasteiger partial charge is 0.381 e. The summed E-state index contributed by atoms with van der Waals surface area (Å²) < 4.78 is 12.5. The summed E-state index contributed by atoms with van der Waals surface area (Å²) in [5.41, 5.74) is 0.952. The number of carbonyl (C=O) groups excluding carboxylic acids is 6. The van der Waals surface area contributed by atoms with Gasteiger partial charge in [0, 0.05) is 31.5 Å². The molecule has 2 aromatic rings. The second kappa shape index (κ2) is 38.9. The molecule has 4 aliphatic rings. The molecular formula is C52H94N6O8S11. The van der Waals surface area contributed by atoms with Gasteiger partial charge < -0.3 is 40.5 Å². The summed E-state index contributed by atoms with van der Waals surface area (Å²) in [7, 11) is 1.71. The molecular weight excluding hydrogens is 1190 g/mol. The second-order valence-corrected chi connectivity index (χ2v) is 23.0. The first-order valence-electron chi connectivity index (χ1n) is 24.7. The predicted molar refractivity (Wildman–Crippen MR) is 362 cm³/mol. The molecule has 4 fully saturated rings. The van der Waals surface area contributed by atoms with Crippen LogP contribution in [-0.2, 0) is 38.2 Å². The Balaban J connectivity index is -0.00000296. The van der Waals surface area contributed by atoms with Gasteiger partial charge in [-0.05, 0) is 92.4 Å². The molecule has 4 N–H and O–H groups in total. The number of benzene rings is 2. The summed E-state index contributed by atoms with van der Waals surface area (Å²) in [4.78, 5) is 86.5. The van der Waals surface area contributed by atoms with E-state index in [1.165, 1.54) is 0 Å². The van der Waals surface area contributed by atoms with Crippen molar-refractivity contribution >= 4 is 180 Å². The molecule has 5 amide bonds. The minimum Gasteiger partial charge on any atom is -0.381 e. The summed E-state index contributed by atoms with van der Waals surface area (Å²) >= 11 is 3.37. The Morgan fingerprint density at radius 1 is 0.649 bits per heavy atom. The molecule has 0 aliphatic carbocycles. The average molecular weight is 1280 g/mol. The molecule has 2 aromatic carbocycles. The van der Waals surface area contributed by atoms with E-state index in [0.717, 1.165) is 17.5 Å². The third-order valence-corrected chi connectivity index (χ3v) is 16.8. The zero-order valence-corrected chi connectivity index (χ0v) is 56.6. The molecule has 4 heterocycles. The zero-order valence-electron chi connectivity index (χ0n) is 45.9. The molecule has 6 rings (SSSR count). The first kappa shape index (κ1) is 82.7. The molecule has 4 aliphatic heterocycles. The third-order valence-electron chi connectivity index (χ3n) is 14.3. The van der Waals surface area contributed by atoms with Crippen LogP contribution in [0.1, 0.15) is 123 Å². The molecule has 0 bridgehead atoms. The molecule has 10 atom stereocenters. The van der Waals surface area contributed by atoms with Crippen LogP contribution in [-0.4, -0.2) is 131 Å².